The molecule has 0 saturated heterocycles. The number of hydrogen-bond acceptors (Lipinski definition) is 2. The molecule has 3 nitrogen and oxygen atoms in total. The van der Waals surface area contributed by atoms with Crippen molar-refractivity contribution in [3.05, 3.63) is 65.0 Å². The molecule has 98 valence electrons. The molecule has 1 atom stereocenters. The molecule has 1 aromatic carbocycles. The summed E-state index contributed by atoms with van der Waals surface area (Å²) in [6.45, 7) is 3.90. The highest BCUT2D eigenvalue weighted by Gasteiger charge is 2.22. The van der Waals surface area contributed by atoms with Crippen LogP contribution in [0.5, 0.6) is 0 Å². The molecule has 2 rings (SSSR count). The van der Waals surface area contributed by atoms with Gasteiger partial charge in [-0.1, -0.05) is 30.3 Å². The Balaban J connectivity index is 2.35. The Hall–Kier alpha value is -2.16. The molecule has 3 heteroatoms. The van der Waals surface area contributed by atoms with Crippen LogP contribution in [0.25, 0.3) is 0 Å². The van der Waals surface area contributed by atoms with E-state index in [1.54, 1.807) is 6.20 Å². The molecule has 0 aliphatic carbocycles. The van der Waals surface area contributed by atoms with Gasteiger partial charge in [0.25, 0.3) is 0 Å². The molecule has 0 radical (unpaired) electrons. The van der Waals surface area contributed by atoms with Crippen molar-refractivity contribution in [1.29, 1.82) is 0 Å². The molecule has 0 aliphatic heterocycles. The van der Waals surface area contributed by atoms with Gasteiger partial charge in [0.05, 0.1) is 5.92 Å². The first kappa shape index (κ1) is 13.3. The first-order valence-corrected chi connectivity index (χ1v) is 6.28. The summed E-state index contributed by atoms with van der Waals surface area (Å²) >= 11 is 0. The number of carboxylic acid groups (broad SMARTS) is 1. The third-order valence-electron chi connectivity index (χ3n) is 3.38. The van der Waals surface area contributed by atoms with Gasteiger partial charge in [-0.2, -0.15) is 0 Å². The zero-order chi connectivity index (χ0) is 13.8. The second-order valence-electron chi connectivity index (χ2n) is 4.72. The van der Waals surface area contributed by atoms with Gasteiger partial charge in [-0.3, -0.25) is 9.78 Å². The van der Waals surface area contributed by atoms with Crippen LogP contribution in [0.4, 0.5) is 0 Å². The predicted octanol–water partition coefficient (Wildman–Crippen LogP) is 3.11. The van der Waals surface area contributed by atoms with Crippen LogP contribution in [0.2, 0.25) is 0 Å². The van der Waals surface area contributed by atoms with Gasteiger partial charge in [-0.25, -0.2) is 0 Å². The van der Waals surface area contributed by atoms with Crippen molar-refractivity contribution in [3.8, 4) is 0 Å². The van der Waals surface area contributed by atoms with Gasteiger partial charge in [0, 0.05) is 18.3 Å². The van der Waals surface area contributed by atoms with E-state index in [4.69, 9.17) is 0 Å². The number of nitrogens with zero attached hydrogens (tertiary/aromatic N) is 1. The maximum absolute atomic E-state index is 11.5. The standard InChI is InChI=1S/C16H17NO2/c1-11-6-3-4-8-13(11)14(16(18)19)10-15-12(2)7-5-9-17-15/h3-9,14H,10H2,1-2H3,(H,18,19). The summed E-state index contributed by atoms with van der Waals surface area (Å²) < 4.78 is 0. The van der Waals surface area contributed by atoms with E-state index in [0.717, 1.165) is 22.4 Å². The molecule has 19 heavy (non-hydrogen) atoms. The molecular weight excluding hydrogens is 238 g/mol. The first-order chi connectivity index (χ1) is 9.09. The summed E-state index contributed by atoms with van der Waals surface area (Å²) in [7, 11) is 0. The number of hydrogen-bond donors (Lipinski definition) is 1. The quantitative estimate of drug-likeness (QED) is 0.913. The largest absolute Gasteiger partial charge is 0.481 e. The average Bonchev–Trinajstić information content (AvgIpc) is 2.38. The van der Waals surface area contributed by atoms with Crippen LogP contribution >= 0.6 is 0 Å². The lowest BCUT2D eigenvalue weighted by atomic mass is 9.90. The Labute approximate surface area is 112 Å². The van der Waals surface area contributed by atoms with Crippen molar-refractivity contribution < 1.29 is 9.90 Å². The van der Waals surface area contributed by atoms with E-state index in [1.165, 1.54) is 0 Å². The van der Waals surface area contributed by atoms with Gasteiger partial charge in [-0.05, 0) is 36.6 Å². The predicted molar refractivity (Wildman–Crippen MR) is 74.2 cm³/mol. The Morgan fingerprint density at radius 2 is 1.84 bits per heavy atom. The summed E-state index contributed by atoms with van der Waals surface area (Å²) in [5.41, 5.74) is 3.74. The minimum absolute atomic E-state index is 0.423. The van der Waals surface area contributed by atoms with Gasteiger partial charge in [0.2, 0.25) is 0 Å². The lowest BCUT2D eigenvalue weighted by Gasteiger charge is -2.15. The van der Waals surface area contributed by atoms with E-state index >= 15 is 0 Å². The number of rotatable bonds is 4. The smallest absolute Gasteiger partial charge is 0.311 e. The Morgan fingerprint density at radius 3 is 2.47 bits per heavy atom. The molecule has 0 spiro atoms. The van der Waals surface area contributed by atoms with Crippen LogP contribution in [0.1, 0.15) is 28.3 Å². The van der Waals surface area contributed by atoms with Crippen molar-refractivity contribution in [2.75, 3.05) is 0 Å². The lowest BCUT2D eigenvalue weighted by molar-refractivity contribution is -0.138. The van der Waals surface area contributed by atoms with Crippen LogP contribution in [-0.2, 0) is 11.2 Å². The normalized spacial score (nSPS) is 12.1. The Bertz CT molecular complexity index is 593. The Morgan fingerprint density at radius 1 is 1.16 bits per heavy atom. The molecule has 1 unspecified atom stereocenters. The van der Waals surface area contributed by atoms with Crippen LogP contribution in [0.3, 0.4) is 0 Å². The van der Waals surface area contributed by atoms with Gasteiger partial charge < -0.3 is 5.11 Å². The number of aliphatic carboxylic acids is 1. The highest BCUT2D eigenvalue weighted by molar-refractivity contribution is 5.77. The highest BCUT2D eigenvalue weighted by Crippen LogP contribution is 2.24. The van der Waals surface area contributed by atoms with Gasteiger partial charge in [0.15, 0.2) is 0 Å². The summed E-state index contributed by atoms with van der Waals surface area (Å²) in [5.74, 6) is -1.35. The summed E-state index contributed by atoms with van der Waals surface area (Å²) in [5, 5.41) is 9.48. The van der Waals surface area contributed by atoms with E-state index in [1.807, 2.05) is 50.2 Å². The number of pyridine rings is 1. The zero-order valence-corrected chi connectivity index (χ0v) is 11.1. The maximum Gasteiger partial charge on any atom is 0.311 e. The third-order valence-corrected chi connectivity index (χ3v) is 3.38. The molecule has 2 aromatic rings. The second-order valence-corrected chi connectivity index (χ2v) is 4.72. The minimum atomic E-state index is -0.806. The number of carboxylic acids is 1. The van der Waals surface area contributed by atoms with Crippen molar-refractivity contribution >= 4 is 5.97 Å². The highest BCUT2D eigenvalue weighted by atomic mass is 16.4. The van der Waals surface area contributed by atoms with E-state index in [2.05, 4.69) is 4.98 Å². The van der Waals surface area contributed by atoms with Crippen LogP contribution in [0.15, 0.2) is 42.6 Å². The van der Waals surface area contributed by atoms with Crippen molar-refractivity contribution in [1.82, 2.24) is 4.98 Å². The molecule has 0 fully saturated rings. The van der Waals surface area contributed by atoms with E-state index in [0.29, 0.717) is 6.42 Å². The number of carbonyl (C=O) groups is 1. The van der Waals surface area contributed by atoms with Crippen molar-refractivity contribution in [3.63, 3.8) is 0 Å². The van der Waals surface area contributed by atoms with Crippen LogP contribution < -0.4 is 0 Å². The molecular formula is C16H17NO2. The van der Waals surface area contributed by atoms with E-state index < -0.39 is 11.9 Å². The molecule has 1 heterocycles. The average molecular weight is 255 g/mol. The second kappa shape index (κ2) is 5.65. The fraction of sp³-hybridized carbons (Fsp3) is 0.250. The molecule has 1 N–H and O–H groups in total. The SMILES string of the molecule is Cc1ccccc1C(Cc1ncccc1C)C(=O)O. The zero-order valence-electron chi connectivity index (χ0n) is 11.1. The van der Waals surface area contributed by atoms with Gasteiger partial charge >= 0.3 is 5.97 Å². The molecule has 0 saturated carbocycles. The Kier molecular flexibility index (Phi) is 3.95. The van der Waals surface area contributed by atoms with Gasteiger partial charge in [-0.15, -0.1) is 0 Å². The van der Waals surface area contributed by atoms with E-state index in [9.17, 15) is 9.90 Å². The molecule has 0 aliphatic rings. The van der Waals surface area contributed by atoms with Gasteiger partial charge in [0.1, 0.15) is 0 Å². The minimum Gasteiger partial charge on any atom is -0.481 e. The topological polar surface area (TPSA) is 50.2 Å². The molecule has 0 bridgehead atoms. The summed E-state index contributed by atoms with van der Waals surface area (Å²) in [4.78, 5) is 15.8. The summed E-state index contributed by atoms with van der Waals surface area (Å²) in [6, 6.07) is 11.4. The fourth-order valence-corrected chi connectivity index (χ4v) is 2.23. The fourth-order valence-electron chi connectivity index (χ4n) is 2.23. The van der Waals surface area contributed by atoms with Crippen LogP contribution in [0, 0.1) is 13.8 Å². The first-order valence-electron chi connectivity index (χ1n) is 6.28. The third kappa shape index (κ3) is 2.99. The van der Waals surface area contributed by atoms with E-state index in [-0.39, 0.29) is 0 Å². The number of aryl methyl sites for hydroxylation is 2. The maximum atomic E-state index is 11.5. The lowest BCUT2D eigenvalue weighted by Crippen LogP contribution is -2.16. The number of aromatic nitrogens is 1. The van der Waals surface area contributed by atoms with Crippen molar-refractivity contribution in [2.45, 2.75) is 26.2 Å². The number of benzene rings is 1. The van der Waals surface area contributed by atoms with Crippen molar-refractivity contribution in [2.24, 2.45) is 0 Å². The summed E-state index contributed by atoms with van der Waals surface area (Å²) in [6.07, 6.45) is 2.13. The molecule has 1 aromatic heterocycles. The van der Waals surface area contributed by atoms with Crippen LogP contribution in [-0.4, -0.2) is 16.1 Å². The monoisotopic (exact) mass is 255 g/mol. The molecule has 0 amide bonds.